The van der Waals surface area contributed by atoms with E-state index in [1.54, 1.807) is 0 Å². The van der Waals surface area contributed by atoms with E-state index in [2.05, 4.69) is 36.2 Å². The lowest BCUT2D eigenvalue weighted by Gasteiger charge is -2.09. The third-order valence-electron chi connectivity index (χ3n) is 2.17. The van der Waals surface area contributed by atoms with E-state index in [0.717, 1.165) is 12.1 Å². The van der Waals surface area contributed by atoms with Crippen molar-refractivity contribution in [3.05, 3.63) is 40.6 Å². The van der Waals surface area contributed by atoms with Gasteiger partial charge in [0, 0.05) is 5.69 Å². The average molecular weight is 350 g/mol. The third kappa shape index (κ3) is 3.73. The number of carbonyl (C=O) groups is 1. The first kappa shape index (κ1) is 14.4. The number of hydrogen-bond donors (Lipinski definition) is 2. The Kier molecular flexibility index (Phi) is 3.98. The summed E-state index contributed by atoms with van der Waals surface area (Å²) in [5.41, 5.74) is 0.534. The molecule has 1 amide bonds. The van der Waals surface area contributed by atoms with Crippen molar-refractivity contribution in [3.8, 4) is 5.75 Å². The van der Waals surface area contributed by atoms with Gasteiger partial charge in [0.05, 0.1) is 10.7 Å². The number of rotatable bonds is 3. The Hall–Kier alpha value is -2.03. The van der Waals surface area contributed by atoms with Crippen LogP contribution in [-0.4, -0.2) is 22.5 Å². The summed E-state index contributed by atoms with van der Waals surface area (Å²) >= 11 is 3.13. The van der Waals surface area contributed by atoms with E-state index in [1.807, 2.05) is 0 Å². The van der Waals surface area contributed by atoms with Gasteiger partial charge in [-0.3, -0.25) is 9.89 Å². The minimum atomic E-state index is -4.74. The third-order valence-corrected chi connectivity index (χ3v) is 2.77. The van der Waals surface area contributed by atoms with Crippen LogP contribution in [0.3, 0.4) is 0 Å². The van der Waals surface area contributed by atoms with Crippen molar-refractivity contribution in [2.45, 2.75) is 6.36 Å². The van der Waals surface area contributed by atoms with Crippen LogP contribution in [0, 0.1) is 0 Å². The fourth-order valence-corrected chi connectivity index (χ4v) is 1.74. The Balaban J connectivity index is 2.04. The van der Waals surface area contributed by atoms with Gasteiger partial charge in [0.1, 0.15) is 11.4 Å². The number of alkyl halides is 3. The van der Waals surface area contributed by atoms with Gasteiger partial charge >= 0.3 is 6.36 Å². The molecule has 1 aromatic carbocycles. The molecule has 0 saturated carbocycles. The molecule has 2 rings (SSSR count). The Morgan fingerprint density at radius 2 is 1.95 bits per heavy atom. The number of carbonyl (C=O) groups excluding carboxylic acids is 1. The lowest BCUT2D eigenvalue weighted by molar-refractivity contribution is -0.274. The van der Waals surface area contributed by atoms with Gasteiger partial charge in [0.2, 0.25) is 0 Å². The first-order valence-electron chi connectivity index (χ1n) is 5.21. The molecule has 2 N–H and O–H groups in total. The maximum absolute atomic E-state index is 12.0. The molecule has 2 aromatic rings. The molecule has 0 fully saturated rings. The molecule has 9 heteroatoms. The SMILES string of the molecule is O=C(Nc1ccc(OC(F)(F)F)cc1)c1[nH]ncc1Br. The highest BCUT2D eigenvalue weighted by atomic mass is 79.9. The molecule has 1 aromatic heterocycles. The topological polar surface area (TPSA) is 67.0 Å². The van der Waals surface area contributed by atoms with Crippen molar-refractivity contribution in [2.75, 3.05) is 5.32 Å². The van der Waals surface area contributed by atoms with Crippen molar-refractivity contribution < 1.29 is 22.7 Å². The van der Waals surface area contributed by atoms with Crippen LogP contribution in [0.2, 0.25) is 0 Å². The zero-order chi connectivity index (χ0) is 14.8. The number of halogens is 4. The normalized spacial score (nSPS) is 11.2. The molecular formula is C11H7BrF3N3O2. The summed E-state index contributed by atoms with van der Waals surface area (Å²) in [6.07, 6.45) is -3.33. The van der Waals surface area contributed by atoms with Gasteiger partial charge in [-0.15, -0.1) is 13.2 Å². The Labute approximate surface area is 119 Å². The van der Waals surface area contributed by atoms with E-state index >= 15 is 0 Å². The van der Waals surface area contributed by atoms with Gasteiger partial charge in [0.15, 0.2) is 0 Å². The summed E-state index contributed by atoms with van der Waals surface area (Å²) in [4.78, 5) is 11.8. The minimum absolute atomic E-state index is 0.209. The number of nitrogens with zero attached hydrogens (tertiary/aromatic N) is 1. The average Bonchev–Trinajstić information content (AvgIpc) is 2.76. The van der Waals surface area contributed by atoms with Gasteiger partial charge < -0.3 is 10.1 Å². The van der Waals surface area contributed by atoms with Crippen molar-refractivity contribution in [1.29, 1.82) is 0 Å². The monoisotopic (exact) mass is 349 g/mol. The summed E-state index contributed by atoms with van der Waals surface area (Å²) in [7, 11) is 0. The first-order chi connectivity index (χ1) is 9.35. The van der Waals surface area contributed by atoms with Crippen LogP contribution in [0.1, 0.15) is 10.5 Å². The zero-order valence-electron chi connectivity index (χ0n) is 9.66. The van der Waals surface area contributed by atoms with Crippen LogP contribution >= 0.6 is 15.9 Å². The summed E-state index contributed by atoms with van der Waals surface area (Å²) in [5.74, 6) is -0.836. The predicted molar refractivity (Wildman–Crippen MR) is 67.4 cm³/mol. The highest BCUT2D eigenvalue weighted by Gasteiger charge is 2.30. The van der Waals surface area contributed by atoms with Crippen LogP contribution in [0.15, 0.2) is 34.9 Å². The molecule has 20 heavy (non-hydrogen) atoms. The standard InChI is InChI=1S/C11H7BrF3N3O2/c12-8-5-16-18-9(8)10(19)17-6-1-3-7(4-2-6)20-11(13,14)15/h1-5H,(H,16,18)(H,17,19). The Morgan fingerprint density at radius 3 is 2.45 bits per heavy atom. The van der Waals surface area contributed by atoms with E-state index in [-0.39, 0.29) is 11.4 Å². The zero-order valence-corrected chi connectivity index (χ0v) is 11.2. The molecule has 0 spiro atoms. The van der Waals surface area contributed by atoms with Crippen LogP contribution in [0.25, 0.3) is 0 Å². The van der Waals surface area contributed by atoms with Gasteiger partial charge in [-0.25, -0.2) is 0 Å². The van der Waals surface area contributed by atoms with Crippen LogP contribution in [0.4, 0.5) is 18.9 Å². The summed E-state index contributed by atoms with van der Waals surface area (Å²) in [6.45, 7) is 0. The minimum Gasteiger partial charge on any atom is -0.406 e. The lowest BCUT2D eigenvalue weighted by atomic mass is 10.3. The summed E-state index contributed by atoms with van der Waals surface area (Å²) < 4.78 is 40.1. The van der Waals surface area contributed by atoms with Gasteiger partial charge in [-0.1, -0.05) is 0 Å². The molecule has 0 atom stereocenters. The van der Waals surface area contributed by atoms with Crippen molar-refractivity contribution in [3.63, 3.8) is 0 Å². The Morgan fingerprint density at radius 1 is 1.30 bits per heavy atom. The van der Waals surface area contributed by atoms with Crippen molar-refractivity contribution in [2.24, 2.45) is 0 Å². The van der Waals surface area contributed by atoms with E-state index < -0.39 is 12.3 Å². The van der Waals surface area contributed by atoms with Crippen LogP contribution in [0.5, 0.6) is 5.75 Å². The van der Waals surface area contributed by atoms with E-state index in [4.69, 9.17) is 0 Å². The van der Waals surface area contributed by atoms with E-state index in [1.165, 1.54) is 18.3 Å². The fourth-order valence-electron chi connectivity index (χ4n) is 1.36. The maximum atomic E-state index is 12.0. The molecule has 5 nitrogen and oxygen atoms in total. The largest absolute Gasteiger partial charge is 0.573 e. The molecule has 106 valence electrons. The number of aromatic nitrogens is 2. The molecule has 0 saturated heterocycles. The lowest BCUT2D eigenvalue weighted by Crippen LogP contribution is -2.17. The maximum Gasteiger partial charge on any atom is 0.573 e. The second-order valence-electron chi connectivity index (χ2n) is 3.62. The van der Waals surface area contributed by atoms with Gasteiger partial charge in [-0.2, -0.15) is 5.10 Å². The molecule has 0 bridgehead atoms. The molecule has 0 aliphatic heterocycles. The van der Waals surface area contributed by atoms with Crippen molar-refractivity contribution >= 4 is 27.5 Å². The summed E-state index contributed by atoms with van der Waals surface area (Å²) in [5, 5.41) is 8.64. The number of hydrogen-bond acceptors (Lipinski definition) is 3. The molecule has 0 aliphatic carbocycles. The molecule has 0 unspecified atom stereocenters. The van der Waals surface area contributed by atoms with Crippen molar-refractivity contribution in [1.82, 2.24) is 10.2 Å². The molecule has 0 radical (unpaired) electrons. The molecule has 1 heterocycles. The number of aromatic amines is 1. The smallest absolute Gasteiger partial charge is 0.406 e. The van der Waals surface area contributed by atoms with Gasteiger partial charge in [-0.05, 0) is 40.2 Å². The molecular weight excluding hydrogens is 343 g/mol. The highest BCUT2D eigenvalue weighted by Crippen LogP contribution is 2.24. The number of H-pyrrole nitrogens is 1. The second-order valence-corrected chi connectivity index (χ2v) is 4.47. The van der Waals surface area contributed by atoms with Crippen LogP contribution in [-0.2, 0) is 0 Å². The number of benzene rings is 1. The second kappa shape index (κ2) is 5.53. The molecule has 0 aliphatic rings. The van der Waals surface area contributed by atoms with E-state index in [0.29, 0.717) is 10.2 Å². The number of amides is 1. The predicted octanol–water partition coefficient (Wildman–Crippen LogP) is 3.32. The fraction of sp³-hybridized carbons (Fsp3) is 0.0909. The highest BCUT2D eigenvalue weighted by molar-refractivity contribution is 9.10. The van der Waals surface area contributed by atoms with Crippen LogP contribution < -0.4 is 10.1 Å². The number of ether oxygens (including phenoxy) is 1. The van der Waals surface area contributed by atoms with Gasteiger partial charge in [0.25, 0.3) is 5.91 Å². The first-order valence-corrected chi connectivity index (χ1v) is 6.00. The summed E-state index contributed by atoms with van der Waals surface area (Å²) in [6, 6.07) is 4.79. The van der Waals surface area contributed by atoms with E-state index in [9.17, 15) is 18.0 Å². The number of anilines is 1. The number of nitrogens with one attached hydrogen (secondary N) is 2. The quantitative estimate of drug-likeness (QED) is 0.893. The Bertz CT molecular complexity index is 610.